The van der Waals surface area contributed by atoms with Gasteiger partial charge in [0.1, 0.15) is 11.5 Å². The Morgan fingerprint density at radius 3 is 2.62 bits per heavy atom. The number of ether oxygens (including phenoxy) is 1. The molecule has 0 spiro atoms. The quantitative estimate of drug-likeness (QED) is 0.328. The second-order valence-corrected chi connectivity index (χ2v) is 8.09. The SMILES string of the molecule is Cc1ccccc1Oc1cc(NC(=O)CCn2nc(C(F)(F)F)cc2C2CC2)cc([N+](=O)[O-])c1. The fraction of sp³-hybridized carbons (Fsp3) is 0.304. The Morgan fingerprint density at radius 1 is 1.24 bits per heavy atom. The van der Waals surface area contributed by atoms with Crippen molar-refractivity contribution in [3.05, 3.63) is 75.6 Å². The number of hydrogen-bond acceptors (Lipinski definition) is 5. The molecule has 1 amide bonds. The Bertz CT molecular complexity index is 1240. The number of aromatic nitrogens is 2. The third kappa shape index (κ3) is 5.53. The topological polar surface area (TPSA) is 99.3 Å². The number of nitro groups is 1. The summed E-state index contributed by atoms with van der Waals surface area (Å²) in [5.74, 6) is 0.168. The van der Waals surface area contributed by atoms with Crippen molar-refractivity contribution in [2.24, 2.45) is 0 Å². The van der Waals surface area contributed by atoms with Crippen LogP contribution in [-0.2, 0) is 17.5 Å². The molecule has 0 aliphatic heterocycles. The van der Waals surface area contributed by atoms with Gasteiger partial charge in [-0.25, -0.2) is 0 Å². The van der Waals surface area contributed by atoms with Crippen molar-refractivity contribution in [3.8, 4) is 11.5 Å². The fourth-order valence-electron chi connectivity index (χ4n) is 3.51. The van der Waals surface area contributed by atoms with Crippen LogP contribution in [0.5, 0.6) is 11.5 Å². The highest BCUT2D eigenvalue weighted by atomic mass is 19.4. The number of alkyl halides is 3. The molecule has 11 heteroatoms. The number of rotatable bonds is 8. The van der Waals surface area contributed by atoms with Gasteiger partial charge < -0.3 is 10.1 Å². The number of aryl methyl sites for hydroxylation is 2. The second kappa shape index (κ2) is 9.16. The first-order chi connectivity index (χ1) is 16.1. The van der Waals surface area contributed by atoms with Gasteiger partial charge >= 0.3 is 6.18 Å². The molecule has 3 aromatic rings. The smallest absolute Gasteiger partial charge is 0.435 e. The van der Waals surface area contributed by atoms with Crippen LogP contribution in [0.1, 0.15) is 42.1 Å². The number of halogens is 3. The lowest BCUT2D eigenvalue weighted by atomic mass is 10.2. The molecule has 1 N–H and O–H groups in total. The molecule has 1 aliphatic rings. The monoisotopic (exact) mass is 474 g/mol. The van der Waals surface area contributed by atoms with Crippen LogP contribution < -0.4 is 10.1 Å². The van der Waals surface area contributed by atoms with E-state index in [4.69, 9.17) is 4.74 Å². The summed E-state index contributed by atoms with van der Waals surface area (Å²) in [6, 6.07) is 12.0. The lowest BCUT2D eigenvalue weighted by Crippen LogP contribution is -2.16. The lowest BCUT2D eigenvalue weighted by molar-refractivity contribution is -0.384. The highest BCUT2D eigenvalue weighted by Gasteiger charge is 2.37. The Morgan fingerprint density at radius 2 is 1.97 bits per heavy atom. The molecule has 4 rings (SSSR count). The van der Waals surface area contributed by atoms with Gasteiger partial charge in [-0.15, -0.1) is 0 Å². The van der Waals surface area contributed by atoms with Gasteiger partial charge in [0.25, 0.3) is 5.69 Å². The van der Waals surface area contributed by atoms with Gasteiger partial charge in [0.15, 0.2) is 5.69 Å². The molecular formula is C23H21F3N4O4. The van der Waals surface area contributed by atoms with E-state index in [2.05, 4.69) is 10.4 Å². The molecular weight excluding hydrogens is 453 g/mol. The summed E-state index contributed by atoms with van der Waals surface area (Å²) in [6.45, 7) is 1.78. The third-order valence-electron chi connectivity index (χ3n) is 5.36. The molecule has 1 aliphatic carbocycles. The molecule has 178 valence electrons. The fourth-order valence-corrected chi connectivity index (χ4v) is 3.51. The highest BCUT2D eigenvalue weighted by Crippen LogP contribution is 2.42. The van der Waals surface area contributed by atoms with Crippen LogP contribution in [0.2, 0.25) is 0 Å². The van der Waals surface area contributed by atoms with Crippen molar-refractivity contribution in [2.75, 3.05) is 5.32 Å². The number of carbonyl (C=O) groups excluding carboxylic acids is 1. The molecule has 34 heavy (non-hydrogen) atoms. The summed E-state index contributed by atoms with van der Waals surface area (Å²) < 4.78 is 46.1. The highest BCUT2D eigenvalue weighted by molar-refractivity contribution is 5.91. The largest absolute Gasteiger partial charge is 0.457 e. The third-order valence-corrected chi connectivity index (χ3v) is 5.36. The van der Waals surface area contributed by atoms with Crippen LogP contribution in [0.4, 0.5) is 24.5 Å². The molecule has 2 aromatic carbocycles. The van der Waals surface area contributed by atoms with Crippen LogP contribution in [0.3, 0.4) is 0 Å². The number of nitro benzene ring substituents is 1. The molecule has 1 aromatic heterocycles. The number of carbonyl (C=O) groups is 1. The Kier molecular flexibility index (Phi) is 6.27. The van der Waals surface area contributed by atoms with Crippen LogP contribution in [0.25, 0.3) is 0 Å². The van der Waals surface area contributed by atoms with Gasteiger partial charge in [-0.1, -0.05) is 18.2 Å². The number of para-hydroxylation sites is 1. The van der Waals surface area contributed by atoms with Crippen LogP contribution in [0.15, 0.2) is 48.5 Å². The van der Waals surface area contributed by atoms with Crippen LogP contribution in [-0.4, -0.2) is 20.6 Å². The number of non-ortho nitro benzene ring substituents is 1. The minimum Gasteiger partial charge on any atom is -0.457 e. The van der Waals surface area contributed by atoms with Gasteiger partial charge in [0.2, 0.25) is 5.91 Å². The van der Waals surface area contributed by atoms with E-state index < -0.39 is 22.7 Å². The van der Waals surface area contributed by atoms with Crippen molar-refractivity contribution in [3.63, 3.8) is 0 Å². The van der Waals surface area contributed by atoms with E-state index in [-0.39, 0.29) is 36.0 Å². The molecule has 1 saturated carbocycles. The zero-order valence-electron chi connectivity index (χ0n) is 18.1. The van der Waals surface area contributed by atoms with E-state index in [1.54, 1.807) is 12.1 Å². The van der Waals surface area contributed by atoms with E-state index in [1.807, 2.05) is 19.1 Å². The predicted octanol–water partition coefficient (Wildman–Crippen LogP) is 5.82. The summed E-state index contributed by atoms with van der Waals surface area (Å²) in [5, 5.41) is 17.5. The molecule has 0 unspecified atom stereocenters. The summed E-state index contributed by atoms with van der Waals surface area (Å²) in [6.07, 6.45) is -3.15. The van der Waals surface area contributed by atoms with Crippen molar-refractivity contribution < 1.29 is 27.6 Å². The Labute approximate surface area is 192 Å². The minimum absolute atomic E-state index is 0.0181. The number of hydrogen-bond donors (Lipinski definition) is 1. The molecule has 1 fully saturated rings. The molecule has 0 atom stereocenters. The zero-order chi connectivity index (χ0) is 24.5. The molecule has 8 nitrogen and oxygen atoms in total. The van der Waals surface area contributed by atoms with E-state index in [0.717, 1.165) is 24.5 Å². The van der Waals surface area contributed by atoms with Crippen LogP contribution >= 0.6 is 0 Å². The molecule has 0 radical (unpaired) electrons. The first kappa shape index (κ1) is 23.3. The minimum atomic E-state index is -4.56. The maximum absolute atomic E-state index is 13.1. The maximum Gasteiger partial charge on any atom is 0.435 e. The van der Waals surface area contributed by atoms with E-state index in [1.165, 1.54) is 22.9 Å². The van der Waals surface area contributed by atoms with Gasteiger partial charge in [-0.05, 0) is 37.5 Å². The average Bonchev–Trinajstić information content (AvgIpc) is 3.51. The van der Waals surface area contributed by atoms with Crippen molar-refractivity contribution in [1.29, 1.82) is 0 Å². The number of benzene rings is 2. The van der Waals surface area contributed by atoms with Gasteiger partial charge in [-0.2, -0.15) is 18.3 Å². The molecule has 1 heterocycles. The number of amides is 1. The number of nitrogens with one attached hydrogen (secondary N) is 1. The first-order valence-corrected chi connectivity index (χ1v) is 10.6. The van der Waals surface area contributed by atoms with Crippen molar-refractivity contribution in [2.45, 2.75) is 44.8 Å². The second-order valence-electron chi connectivity index (χ2n) is 8.09. The maximum atomic E-state index is 13.1. The summed E-state index contributed by atoms with van der Waals surface area (Å²) >= 11 is 0. The van der Waals surface area contributed by atoms with Crippen molar-refractivity contribution in [1.82, 2.24) is 9.78 Å². The Balaban J connectivity index is 1.48. The summed E-state index contributed by atoms with van der Waals surface area (Å²) in [7, 11) is 0. The first-order valence-electron chi connectivity index (χ1n) is 10.6. The van der Waals surface area contributed by atoms with Gasteiger partial charge in [0.05, 0.1) is 16.7 Å². The summed E-state index contributed by atoms with van der Waals surface area (Å²) in [4.78, 5) is 23.2. The summed E-state index contributed by atoms with van der Waals surface area (Å²) in [5.41, 5.74) is 0.167. The zero-order valence-corrected chi connectivity index (χ0v) is 18.1. The van der Waals surface area contributed by atoms with E-state index in [0.29, 0.717) is 11.4 Å². The lowest BCUT2D eigenvalue weighted by Gasteiger charge is -2.11. The number of anilines is 1. The number of nitrogens with zero attached hydrogens (tertiary/aromatic N) is 3. The van der Waals surface area contributed by atoms with Gasteiger partial charge in [-0.3, -0.25) is 19.6 Å². The Hall–Kier alpha value is -3.89. The predicted molar refractivity (Wildman–Crippen MR) is 117 cm³/mol. The van der Waals surface area contributed by atoms with Crippen molar-refractivity contribution >= 4 is 17.3 Å². The average molecular weight is 474 g/mol. The normalized spacial score (nSPS) is 13.5. The standard InChI is InChI=1S/C23H21F3N4O4/c1-14-4-2-3-5-20(14)34-18-11-16(10-17(12-18)30(32)33)27-22(31)8-9-29-19(15-6-7-15)13-21(28-29)23(24,25)26/h2-5,10-13,15H,6-9H2,1H3,(H,27,31). The van der Waals surface area contributed by atoms with E-state index in [9.17, 15) is 28.1 Å². The van der Waals surface area contributed by atoms with Crippen LogP contribution in [0, 0.1) is 17.0 Å². The molecule has 0 saturated heterocycles. The molecule has 0 bridgehead atoms. The van der Waals surface area contributed by atoms with E-state index >= 15 is 0 Å². The van der Waals surface area contributed by atoms with Gasteiger partial charge in [0, 0.05) is 36.7 Å².